The number of alkyl halides is 1. The fraction of sp³-hybridized carbons (Fsp3) is 0.520. The van der Waals surface area contributed by atoms with Crippen LogP contribution in [0.3, 0.4) is 0 Å². The summed E-state index contributed by atoms with van der Waals surface area (Å²) in [5.41, 5.74) is 5.12. The van der Waals surface area contributed by atoms with Crippen LogP contribution in [0.15, 0.2) is 42.5 Å². The molecule has 2 atom stereocenters. The highest BCUT2D eigenvalue weighted by atomic mass is 35.5. The van der Waals surface area contributed by atoms with E-state index in [0.29, 0.717) is 6.61 Å². The van der Waals surface area contributed by atoms with Gasteiger partial charge in [0.25, 0.3) is 0 Å². The summed E-state index contributed by atoms with van der Waals surface area (Å²) in [6.45, 7) is 8.06. The van der Waals surface area contributed by atoms with Gasteiger partial charge in [-0.05, 0) is 68.0 Å². The molecule has 0 spiro atoms. The molecule has 0 amide bonds. The first-order chi connectivity index (χ1) is 13.6. The maximum absolute atomic E-state index is 6.77. The van der Waals surface area contributed by atoms with Crippen LogP contribution < -0.4 is 9.64 Å². The quantitative estimate of drug-likeness (QED) is 0.330. The first-order valence-corrected chi connectivity index (χ1v) is 11.3. The van der Waals surface area contributed by atoms with Crippen molar-refractivity contribution in [2.75, 3.05) is 18.1 Å². The van der Waals surface area contributed by atoms with Crippen LogP contribution in [0.1, 0.15) is 68.7 Å². The third-order valence-corrected chi connectivity index (χ3v) is 6.22. The highest BCUT2D eigenvalue weighted by Crippen LogP contribution is 2.40. The average Bonchev–Trinajstić information content (AvgIpc) is 3.09. The second kappa shape index (κ2) is 10.2. The fourth-order valence-electron chi connectivity index (χ4n) is 4.15. The monoisotopic (exact) mass is 399 g/mol. The molecule has 2 unspecified atom stereocenters. The fourth-order valence-corrected chi connectivity index (χ4v) is 4.53. The minimum Gasteiger partial charge on any atom is -0.494 e. The highest BCUT2D eigenvalue weighted by Gasteiger charge is 2.34. The van der Waals surface area contributed by atoms with E-state index in [0.717, 1.165) is 18.7 Å². The first kappa shape index (κ1) is 21.0. The molecule has 1 heterocycles. The van der Waals surface area contributed by atoms with Crippen LogP contribution in [-0.4, -0.2) is 18.5 Å². The summed E-state index contributed by atoms with van der Waals surface area (Å²) in [6.07, 6.45) is 7.42. The first-order valence-electron chi connectivity index (χ1n) is 10.9. The van der Waals surface area contributed by atoms with Crippen LogP contribution in [0.4, 0.5) is 5.69 Å². The van der Waals surface area contributed by atoms with Gasteiger partial charge in [-0.2, -0.15) is 0 Å². The van der Waals surface area contributed by atoms with Gasteiger partial charge in [0, 0.05) is 12.2 Å². The Morgan fingerprint density at radius 3 is 2.54 bits per heavy atom. The van der Waals surface area contributed by atoms with E-state index < -0.39 is 0 Å². The van der Waals surface area contributed by atoms with Crippen LogP contribution in [-0.2, 0) is 6.42 Å². The van der Waals surface area contributed by atoms with Gasteiger partial charge in [0.1, 0.15) is 5.75 Å². The van der Waals surface area contributed by atoms with E-state index in [1.54, 1.807) is 0 Å². The second-order valence-corrected chi connectivity index (χ2v) is 8.44. The van der Waals surface area contributed by atoms with E-state index in [1.165, 1.54) is 54.5 Å². The average molecular weight is 400 g/mol. The summed E-state index contributed by atoms with van der Waals surface area (Å²) in [4.78, 5) is 2.46. The Balaban J connectivity index is 1.75. The smallest absolute Gasteiger partial charge is 0.122 e. The summed E-state index contributed by atoms with van der Waals surface area (Å²) in [5, 5.41) is 0.117. The topological polar surface area (TPSA) is 12.5 Å². The molecular formula is C25H34ClNO. The molecule has 0 N–H and O–H groups in total. The van der Waals surface area contributed by atoms with Crippen LogP contribution in [0.5, 0.6) is 5.75 Å². The van der Waals surface area contributed by atoms with E-state index in [1.807, 2.05) is 6.92 Å². The molecule has 2 nitrogen and oxygen atoms in total. The standard InChI is InChI=1S/C25H34ClNO/c1-4-6-7-8-9-20-11-14-22(15-12-20)27-17-16-23(26)25(27)21-13-10-19(3)24(18-21)28-5-2/h10-15,18,23,25H,4-9,16-17H2,1-3H3. The number of anilines is 1. The molecule has 2 aromatic carbocycles. The number of benzene rings is 2. The Hall–Kier alpha value is -1.67. The Morgan fingerprint density at radius 1 is 1.04 bits per heavy atom. The molecule has 1 aliphatic rings. The molecule has 1 saturated heterocycles. The lowest BCUT2D eigenvalue weighted by Crippen LogP contribution is -2.25. The lowest BCUT2D eigenvalue weighted by Gasteiger charge is -2.29. The van der Waals surface area contributed by atoms with Gasteiger partial charge in [0.2, 0.25) is 0 Å². The lowest BCUT2D eigenvalue weighted by atomic mass is 10.0. The minimum atomic E-state index is 0.117. The van der Waals surface area contributed by atoms with Gasteiger partial charge in [0.15, 0.2) is 0 Å². The van der Waals surface area contributed by atoms with Crippen molar-refractivity contribution in [3.63, 3.8) is 0 Å². The molecule has 3 rings (SSSR count). The number of rotatable bonds is 9. The van der Waals surface area contributed by atoms with Crippen molar-refractivity contribution in [3.8, 4) is 5.75 Å². The van der Waals surface area contributed by atoms with Crippen molar-refractivity contribution >= 4 is 17.3 Å². The molecule has 28 heavy (non-hydrogen) atoms. The molecule has 152 valence electrons. The van der Waals surface area contributed by atoms with Crippen LogP contribution in [0, 0.1) is 6.92 Å². The molecule has 0 bridgehead atoms. The maximum Gasteiger partial charge on any atom is 0.122 e. The Labute approximate surface area is 175 Å². The Morgan fingerprint density at radius 2 is 1.82 bits per heavy atom. The molecule has 0 aromatic heterocycles. The third kappa shape index (κ3) is 5.03. The van der Waals surface area contributed by atoms with Crippen LogP contribution in [0.25, 0.3) is 0 Å². The zero-order valence-corrected chi connectivity index (χ0v) is 18.3. The van der Waals surface area contributed by atoms with E-state index in [9.17, 15) is 0 Å². The number of unbranched alkanes of at least 4 members (excludes halogenated alkanes) is 3. The number of nitrogens with zero attached hydrogens (tertiary/aromatic N) is 1. The van der Waals surface area contributed by atoms with Gasteiger partial charge in [0.05, 0.1) is 18.0 Å². The maximum atomic E-state index is 6.77. The molecule has 1 aliphatic heterocycles. The Kier molecular flexibility index (Phi) is 7.67. The Bertz CT molecular complexity index is 743. The van der Waals surface area contributed by atoms with E-state index in [2.05, 4.69) is 61.2 Å². The van der Waals surface area contributed by atoms with Gasteiger partial charge in [-0.15, -0.1) is 11.6 Å². The predicted octanol–water partition coefficient (Wildman–Crippen LogP) is 7.08. The molecule has 2 aromatic rings. The van der Waals surface area contributed by atoms with Crippen molar-refractivity contribution in [2.45, 2.75) is 70.7 Å². The van der Waals surface area contributed by atoms with Gasteiger partial charge in [-0.3, -0.25) is 0 Å². The summed E-state index contributed by atoms with van der Waals surface area (Å²) in [5.74, 6) is 0.971. The van der Waals surface area contributed by atoms with Gasteiger partial charge in [-0.1, -0.05) is 50.5 Å². The third-order valence-electron chi connectivity index (χ3n) is 5.76. The van der Waals surface area contributed by atoms with Gasteiger partial charge in [-0.25, -0.2) is 0 Å². The zero-order chi connectivity index (χ0) is 19.9. The summed E-state index contributed by atoms with van der Waals surface area (Å²) < 4.78 is 5.82. The lowest BCUT2D eigenvalue weighted by molar-refractivity contribution is 0.337. The zero-order valence-electron chi connectivity index (χ0n) is 17.6. The highest BCUT2D eigenvalue weighted by molar-refractivity contribution is 6.21. The SMILES string of the molecule is CCCCCCc1ccc(N2CCC(Cl)C2c2ccc(C)c(OCC)c2)cc1. The summed E-state index contributed by atoms with van der Waals surface area (Å²) in [7, 11) is 0. The molecule has 3 heteroatoms. The van der Waals surface area contributed by atoms with Crippen LogP contribution in [0.2, 0.25) is 0 Å². The van der Waals surface area contributed by atoms with Crippen molar-refractivity contribution < 1.29 is 4.74 Å². The minimum absolute atomic E-state index is 0.117. The second-order valence-electron chi connectivity index (χ2n) is 7.88. The number of ether oxygens (including phenoxy) is 1. The van der Waals surface area contributed by atoms with Gasteiger partial charge >= 0.3 is 0 Å². The van der Waals surface area contributed by atoms with E-state index >= 15 is 0 Å². The van der Waals surface area contributed by atoms with Crippen molar-refractivity contribution in [1.82, 2.24) is 0 Å². The number of halogens is 1. The molecule has 0 aliphatic carbocycles. The van der Waals surface area contributed by atoms with E-state index in [-0.39, 0.29) is 11.4 Å². The van der Waals surface area contributed by atoms with Crippen LogP contribution >= 0.6 is 11.6 Å². The van der Waals surface area contributed by atoms with Crippen molar-refractivity contribution in [2.24, 2.45) is 0 Å². The number of hydrogen-bond donors (Lipinski definition) is 0. The molecule has 0 radical (unpaired) electrons. The number of aryl methyl sites for hydroxylation is 2. The van der Waals surface area contributed by atoms with E-state index in [4.69, 9.17) is 16.3 Å². The normalized spacial score (nSPS) is 19.2. The summed E-state index contributed by atoms with van der Waals surface area (Å²) in [6, 6.07) is 15.9. The molecule has 1 fully saturated rings. The van der Waals surface area contributed by atoms with Gasteiger partial charge < -0.3 is 9.64 Å². The largest absolute Gasteiger partial charge is 0.494 e. The molecular weight excluding hydrogens is 366 g/mol. The molecule has 0 saturated carbocycles. The van der Waals surface area contributed by atoms with Crippen molar-refractivity contribution in [1.29, 1.82) is 0 Å². The summed E-state index contributed by atoms with van der Waals surface area (Å²) >= 11 is 6.77. The van der Waals surface area contributed by atoms with Crippen molar-refractivity contribution in [3.05, 3.63) is 59.2 Å². The number of hydrogen-bond acceptors (Lipinski definition) is 2. The predicted molar refractivity (Wildman–Crippen MR) is 121 cm³/mol.